The fraction of sp³-hybridized carbons (Fsp3) is 0.176. The quantitative estimate of drug-likeness (QED) is 0.808. The number of fused-ring (bicyclic) bond motifs is 1. The maximum absolute atomic E-state index is 12.4. The highest BCUT2D eigenvalue weighted by Crippen LogP contribution is 2.19. The van der Waals surface area contributed by atoms with E-state index in [4.69, 9.17) is 4.42 Å². The van der Waals surface area contributed by atoms with Gasteiger partial charge < -0.3 is 9.73 Å². The summed E-state index contributed by atoms with van der Waals surface area (Å²) in [6, 6.07) is 12.7. The zero-order valence-corrected chi connectivity index (χ0v) is 12.4. The summed E-state index contributed by atoms with van der Waals surface area (Å²) in [7, 11) is 1.63. The number of carbonyl (C=O) groups is 1. The van der Waals surface area contributed by atoms with Crippen LogP contribution in [0.1, 0.15) is 22.8 Å². The Morgan fingerprint density at radius 3 is 2.77 bits per heavy atom. The van der Waals surface area contributed by atoms with E-state index in [-0.39, 0.29) is 5.91 Å². The highest BCUT2D eigenvalue weighted by molar-refractivity contribution is 6.06. The second-order valence-electron chi connectivity index (χ2n) is 5.07. The van der Waals surface area contributed by atoms with E-state index < -0.39 is 5.76 Å². The lowest BCUT2D eigenvalue weighted by Gasteiger charge is -2.09. The highest BCUT2D eigenvalue weighted by atomic mass is 16.4. The molecule has 1 aromatic heterocycles. The third kappa shape index (κ3) is 2.41. The molecule has 0 saturated heterocycles. The number of anilines is 1. The molecule has 0 aliphatic heterocycles. The van der Waals surface area contributed by atoms with Crippen LogP contribution in [-0.4, -0.2) is 10.5 Å². The third-order valence-corrected chi connectivity index (χ3v) is 3.70. The van der Waals surface area contributed by atoms with E-state index in [0.717, 1.165) is 17.7 Å². The van der Waals surface area contributed by atoms with Crippen molar-refractivity contribution >= 4 is 22.7 Å². The summed E-state index contributed by atoms with van der Waals surface area (Å²) in [6.07, 6.45) is 0.836. The number of nitrogens with zero attached hydrogens (tertiary/aromatic N) is 1. The predicted octanol–water partition coefficient (Wildman–Crippen LogP) is 2.95. The Hall–Kier alpha value is -2.82. The van der Waals surface area contributed by atoms with Crippen LogP contribution >= 0.6 is 0 Å². The molecular formula is C17H16N2O3. The molecule has 3 aromatic rings. The maximum atomic E-state index is 12.4. The first-order valence-corrected chi connectivity index (χ1v) is 7.09. The van der Waals surface area contributed by atoms with Gasteiger partial charge in [0, 0.05) is 18.3 Å². The van der Waals surface area contributed by atoms with Crippen LogP contribution in [0.25, 0.3) is 11.1 Å². The summed E-state index contributed by atoms with van der Waals surface area (Å²) in [6.45, 7) is 2.04. The summed E-state index contributed by atoms with van der Waals surface area (Å²) in [4.78, 5) is 23.9. The average molecular weight is 296 g/mol. The first-order chi connectivity index (χ1) is 10.6. The molecule has 5 heteroatoms. The number of amides is 1. The number of carbonyl (C=O) groups excluding carboxylic acids is 1. The number of aromatic nitrogens is 1. The molecule has 1 amide bonds. The molecule has 0 bridgehead atoms. The van der Waals surface area contributed by atoms with E-state index in [1.807, 2.05) is 31.2 Å². The second-order valence-corrected chi connectivity index (χ2v) is 5.07. The molecule has 0 atom stereocenters. The minimum Gasteiger partial charge on any atom is -0.408 e. The molecule has 0 saturated carbocycles. The van der Waals surface area contributed by atoms with Gasteiger partial charge in [-0.05, 0) is 36.2 Å². The van der Waals surface area contributed by atoms with E-state index in [1.54, 1.807) is 25.2 Å². The van der Waals surface area contributed by atoms with Gasteiger partial charge in [-0.1, -0.05) is 25.1 Å². The normalized spacial score (nSPS) is 10.8. The van der Waals surface area contributed by atoms with E-state index in [0.29, 0.717) is 16.7 Å². The predicted molar refractivity (Wildman–Crippen MR) is 85.2 cm³/mol. The van der Waals surface area contributed by atoms with Gasteiger partial charge in [0.15, 0.2) is 5.58 Å². The first kappa shape index (κ1) is 14.1. The maximum Gasteiger partial charge on any atom is 0.419 e. The van der Waals surface area contributed by atoms with E-state index in [9.17, 15) is 9.59 Å². The van der Waals surface area contributed by atoms with Crippen molar-refractivity contribution in [3.63, 3.8) is 0 Å². The van der Waals surface area contributed by atoms with Crippen LogP contribution in [-0.2, 0) is 13.5 Å². The molecule has 1 N–H and O–H groups in total. The van der Waals surface area contributed by atoms with Crippen LogP contribution in [0.4, 0.5) is 5.69 Å². The van der Waals surface area contributed by atoms with Gasteiger partial charge in [-0.25, -0.2) is 4.79 Å². The van der Waals surface area contributed by atoms with Crippen molar-refractivity contribution in [2.24, 2.45) is 7.05 Å². The van der Waals surface area contributed by atoms with Crippen molar-refractivity contribution in [3.8, 4) is 0 Å². The molecule has 112 valence electrons. The molecule has 0 aliphatic carbocycles. The van der Waals surface area contributed by atoms with Crippen molar-refractivity contribution in [3.05, 3.63) is 64.1 Å². The number of nitrogens with one attached hydrogen (secondary N) is 1. The number of hydrogen-bond donors (Lipinski definition) is 1. The van der Waals surface area contributed by atoms with E-state index in [1.165, 1.54) is 4.57 Å². The monoisotopic (exact) mass is 296 g/mol. The van der Waals surface area contributed by atoms with Gasteiger partial charge in [-0.3, -0.25) is 9.36 Å². The number of para-hydroxylation sites is 1. The van der Waals surface area contributed by atoms with Crippen molar-refractivity contribution in [1.82, 2.24) is 4.57 Å². The third-order valence-electron chi connectivity index (χ3n) is 3.70. The molecule has 1 heterocycles. The van der Waals surface area contributed by atoms with Crippen molar-refractivity contribution < 1.29 is 9.21 Å². The molecule has 0 spiro atoms. The fourth-order valence-electron chi connectivity index (χ4n) is 2.42. The van der Waals surface area contributed by atoms with Gasteiger partial charge in [-0.15, -0.1) is 0 Å². The van der Waals surface area contributed by atoms with E-state index >= 15 is 0 Å². The lowest BCUT2D eigenvalue weighted by atomic mass is 10.1. The zero-order valence-electron chi connectivity index (χ0n) is 12.4. The van der Waals surface area contributed by atoms with Gasteiger partial charge in [0.2, 0.25) is 0 Å². The van der Waals surface area contributed by atoms with Crippen LogP contribution in [0.5, 0.6) is 0 Å². The summed E-state index contributed by atoms with van der Waals surface area (Å²) in [5.74, 6) is -0.668. The summed E-state index contributed by atoms with van der Waals surface area (Å²) in [5, 5.41) is 2.90. The molecule has 0 radical (unpaired) electrons. The number of benzene rings is 2. The highest BCUT2D eigenvalue weighted by Gasteiger charge is 2.12. The molecule has 0 fully saturated rings. The van der Waals surface area contributed by atoms with Gasteiger partial charge in [0.25, 0.3) is 5.91 Å². The topological polar surface area (TPSA) is 64.2 Å². The van der Waals surface area contributed by atoms with Crippen LogP contribution in [0, 0.1) is 0 Å². The minimum absolute atomic E-state index is 0.227. The lowest BCUT2D eigenvalue weighted by Crippen LogP contribution is -2.13. The van der Waals surface area contributed by atoms with Gasteiger partial charge in [0.05, 0.1) is 5.52 Å². The number of oxazole rings is 1. The summed E-state index contributed by atoms with van der Waals surface area (Å²) >= 11 is 0. The molecule has 0 unspecified atom stereocenters. The summed E-state index contributed by atoms with van der Waals surface area (Å²) in [5.41, 5.74) is 3.39. The smallest absolute Gasteiger partial charge is 0.408 e. The van der Waals surface area contributed by atoms with Gasteiger partial charge in [-0.2, -0.15) is 0 Å². The molecule has 5 nitrogen and oxygen atoms in total. The van der Waals surface area contributed by atoms with E-state index in [2.05, 4.69) is 5.32 Å². The first-order valence-electron chi connectivity index (χ1n) is 7.09. The Morgan fingerprint density at radius 1 is 1.23 bits per heavy atom. The van der Waals surface area contributed by atoms with Gasteiger partial charge in [0.1, 0.15) is 0 Å². The number of rotatable bonds is 3. The SMILES string of the molecule is CCc1ccccc1NC(=O)c1ccc2c(c1)oc(=O)n2C. The Morgan fingerprint density at radius 2 is 2.00 bits per heavy atom. The fourth-order valence-corrected chi connectivity index (χ4v) is 2.42. The Kier molecular flexibility index (Phi) is 3.55. The number of hydrogen-bond acceptors (Lipinski definition) is 3. The van der Waals surface area contributed by atoms with Crippen molar-refractivity contribution in [2.45, 2.75) is 13.3 Å². The van der Waals surface area contributed by atoms with Crippen LogP contribution in [0.15, 0.2) is 51.7 Å². The van der Waals surface area contributed by atoms with Crippen molar-refractivity contribution in [2.75, 3.05) is 5.32 Å². The Bertz CT molecular complexity index is 906. The average Bonchev–Trinajstić information content (AvgIpc) is 2.82. The molecule has 0 aliphatic rings. The molecule has 3 rings (SSSR count). The summed E-state index contributed by atoms with van der Waals surface area (Å²) < 4.78 is 6.52. The lowest BCUT2D eigenvalue weighted by molar-refractivity contribution is 0.102. The molecular weight excluding hydrogens is 280 g/mol. The van der Waals surface area contributed by atoms with Gasteiger partial charge >= 0.3 is 5.76 Å². The van der Waals surface area contributed by atoms with Crippen LogP contribution < -0.4 is 11.1 Å². The Labute approximate surface area is 127 Å². The Balaban J connectivity index is 1.93. The standard InChI is InChI=1S/C17H16N2O3/c1-3-11-6-4-5-7-13(11)18-16(20)12-8-9-14-15(10-12)22-17(21)19(14)2/h4-10H,3H2,1-2H3,(H,18,20). The van der Waals surface area contributed by atoms with Crippen LogP contribution in [0.2, 0.25) is 0 Å². The molecule has 2 aromatic carbocycles. The largest absolute Gasteiger partial charge is 0.419 e. The van der Waals surface area contributed by atoms with Crippen molar-refractivity contribution in [1.29, 1.82) is 0 Å². The number of aryl methyl sites for hydroxylation is 2. The second kappa shape index (κ2) is 5.52. The van der Waals surface area contributed by atoms with Crippen LogP contribution in [0.3, 0.4) is 0 Å². The zero-order chi connectivity index (χ0) is 15.7. The minimum atomic E-state index is -0.441. The molecule has 22 heavy (non-hydrogen) atoms.